The predicted octanol–water partition coefficient (Wildman–Crippen LogP) is -3.06. The Kier molecular flexibility index (Phi) is 12.1. The smallest absolute Gasteiger partial charge is 0.196 e. The number of hydrogen-bond acceptors (Lipinski definition) is 7. The van der Waals surface area contributed by atoms with Crippen LogP contribution in [0.5, 0.6) is 0 Å². The highest BCUT2D eigenvalue weighted by Crippen LogP contribution is 1.80. The molecular weight excluding hydrogens is 280 g/mol. The lowest BCUT2D eigenvalue weighted by atomic mass is 10.7. The van der Waals surface area contributed by atoms with Crippen molar-refractivity contribution in [3.8, 4) is 12.1 Å². The topological polar surface area (TPSA) is 170 Å². The maximum atomic E-state index is 8.71. The average molecular weight is 298 g/mol. The van der Waals surface area contributed by atoms with E-state index in [1.807, 2.05) is 12.1 Å². The summed E-state index contributed by atoms with van der Waals surface area (Å²) >= 11 is 0. The molecule has 0 aliphatic carbocycles. The van der Waals surface area contributed by atoms with Crippen LogP contribution < -0.4 is 21.3 Å². The standard InChI is InChI=1S/C10H18N8O3/c11-1-3-13-9(15-5-19)17-7-21-8-18-10(16-6-20)14-4-2-12/h19-20H,3-8H2,(H2,13,15,17)(H2,14,16,18). The van der Waals surface area contributed by atoms with E-state index in [1.54, 1.807) is 0 Å². The Morgan fingerprint density at radius 1 is 0.857 bits per heavy atom. The van der Waals surface area contributed by atoms with Gasteiger partial charge in [-0.1, -0.05) is 0 Å². The van der Waals surface area contributed by atoms with Gasteiger partial charge >= 0.3 is 0 Å². The normalized spacial score (nSPS) is 11.2. The summed E-state index contributed by atoms with van der Waals surface area (Å²) in [6, 6.07) is 3.73. The molecule has 0 aromatic carbocycles. The lowest BCUT2D eigenvalue weighted by Crippen LogP contribution is -2.38. The number of nitrogens with one attached hydrogen (secondary N) is 4. The molecule has 21 heavy (non-hydrogen) atoms. The Balaban J connectivity index is 4.13. The number of ether oxygens (including phenoxy) is 1. The van der Waals surface area contributed by atoms with Crippen LogP contribution in [-0.4, -0.2) is 62.1 Å². The summed E-state index contributed by atoms with van der Waals surface area (Å²) in [6.45, 7) is -0.723. The Morgan fingerprint density at radius 3 is 1.62 bits per heavy atom. The first-order valence-corrected chi connectivity index (χ1v) is 5.86. The molecule has 116 valence electrons. The molecule has 6 N–H and O–H groups in total. The van der Waals surface area contributed by atoms with Crippen molar-refractivity contribution in [1.29, 1.82) is 10.5 Å². The molecule has 0 saturated carbocycles. The van der Waals surface area contributed by atoms with E-state index in [2.05, 4.69) is 31.3 Å². The number of guanidine groups is 2. The van der Waals surface area contributed by atoms with Gasteiger partial charge in [0.1, 0.15) is 40.0 Å². The molecule has 0 saturated heterocycles. The lowest BCUT2D eigenvalue weighted by Gasteiger charge is -2.08. The van der Waals surface area contributed by atoms with E-state index < -0.39 is 0 Å². The minimum atomic E-state index is -0.335. The third kappa shape index (κ3) is 11.0. The molecule has 11 nitrogen and oxygen atoms in total. The summed E-state index contributed by atoms with van der Waals surface area (Å²) in [5, 5.41) is 44.5. The molecule has 0 atom stereocenters. The molecule has 0 amide bonds. The SMILES string of the molecule is N#CCN/C(=N\COC/N=C(/NCO)NCC#N)NCO. The van der Waals surface area contributed by atoms with Gasteiger partial charge in [-0.15, -0.1) is 0 Å². The van der Waals surface area contributed by atoms with Gasteiger partial charge in [-0.3, -0.25) is 0 Å². The lowest BCUT2D eigenvalue weighted by molar-refractivity contribution is 0.149. The minimum Gasteiger partial charge on any atom is -0.376 e. The second-order valence-electron chi connectivity index (χ2n) is 3.17. The number of nitrogens with zero attached hydrogens (tertiary/aromatic N) is 4. The number of hydrogen-bond donors (Lipinski definition) is 6. The molecule has 0 spiro atoms. The fourth-order valence-electron chi connectivity index (χ4n) is 1.01. The molecule has 0 aromatic heterocycles. The van der Waals surface area contributed by atoms with Crippen LogP contribution >= 0.6 is 0 Å². The number of rotatable bonds is 8. The van der Waals surface area contributed by atoms with Crippen LogP contribution in [0.15, 0.2) is 9.98 Å². The summed E-state index contributed by atoms with van der Waals surface area (Å²) < 4.78 is 5.08. The van der Waals surface area contributed by atoms with Gasteiger partial charge in [0.25, 0.3) is 0 Å². The van der Waals surface area contributed by atoms with Crippen molar-refractivity contribution in [1.82, 2.24) is 21.3 Å². The first kappa shape index (κ1) is 18.4. The van der Waals surface area contributed by atoms with Crippen LogP contribution in [0.4, 0.5) is 0 Å². The van der Waals surface area contributed by atoms with Gasteiger partial charge in [0.05, 0.1) is 12.1 Å². The third-order valence-corrected chi connectivity index (χ3v) is 1.79. The monoisotopic (exact) mass is 298 g/mol. The Hall–Kier alpha value is -2.60. The zero-order valence-corrected chi connectivity index (χ0v) is 11.3. The average Bonchev–Trinajstić information content (AvgIpc) is 2.49. The highest BCUT2D eigenvalue weighted by Gasteiger charge is 1.96. The van der Waals surface area contributed by atoms with Crippen molar-refractivity contribution in [2.24, 2.45) is 9.98 Å². The second kappa shape index (κ2) is 13.8. The van der Waals surface area contributed by atoms with E-state index in [1.165, 1.54) is 0 Å². The van der Waals surface area contributed by atoms with Crippen molar-refractivity contribution < 1.29 is 14.9 Å². The summed E-state index contributed by atoms with van der Waals surface area (Å²) in [4.78, 5) is 7.81. The van der Waals surface area contributed by atoms with Crippen LogP contribution in [0.1, 0.15) is 0 Å². The summed E-state index contributed by atoms with van der Waals surface area (Å²) in [5.74, 6) is 0.443. The summed E-state index contributed by atoms with van der Waals surface area (Å²) in [6.07, 6.45) is 0. The van der Waals surface area contributed by atoms with Gasteiger partial charge in [-0.05, 0) is 0 Å². The molecule has 0 unspecified atom stereocenters. The van der Waals surface area contributed by atoms with Crippen molar-refractivity contribution in [3.05, 3.63) is 0 Å². The van der Waals surface area contributed by atoms with Crippen LogP contribution in [-0.2, 0) is 4.74 Å². The largest absolute Gasteiger partial charge is 0.376 e. The van der Waals surface area contributed by atoms with Gasteiger partial charge in [0, 0.05) is 0 Å². The third-order valence-electron chi connectivity index (χ3n) is 1.79. The molecule has 0 fully saturated rings. The van der Waals surface area contributed by atoms with E-state index in [-0.39, 0.29) is 51.9 Å². The molecule has 0 aromatic rings. The fourth-order valence-corrected chi connectivity index (χ4v) is 1.01. The highest BCUT2D eigenvalue weighted by atomic mass is 16.5. The Morgan fingerprint density at radius 2 is 1.29 bits per heavy atom. The number of nitriles is 2. The minimum absolute atomic E-state index is 0.0344. The van der Waals surface area contributed by atoms with Gasteiger partial charge < -0.3 is 36.2 Å². The van der Waals surface area contributed by atoms with E-state index in [0.717, 1.165) is 0 Å². The second-order valence-corrected chi connectivity index (χ2v) is 3.17. The summed E-state index contributed by atoms with van der Waals surface area (Å²) in [5.41, 5.74) is 0. The first-order chi connectivity index (χ1) is 10.3. The Bertz CT molecular complexity index is 374. The van der Waals surface area contributed by atoms with Crippen molar-refractivity contribution >= 4 is 11.9 Å². The molecule has 0 radical (unpaired) electrons. The summed E-state index contributed by atoms with van der Waals surface area (Å²) in [7, 11) is 0. The van der Waals surface area contributed by atoms with E-state index in [4.69, 9.17) is 25.5 Å². The van der Waals surface area contributed by atoms with Crippen LogP contribution in [0.3, 0.4) is 0 Å². The van der Waals surface area contributed by atoms with Crippen LogP contribution in [0.2, 0.25) is 0 Å². The first-order valence-electron chi connectivity index (χ1n) is 5.86. The number of aliphatic imine (C=N–C) groups is 2. The zero-order valence-electron chi connectivity index (χ0n) is 11.3. The highest BCUT2D eigenvalue weighted by molar-refractivity contribution is 5.80. The molecular formula is C10H18N8O3. The quantitative estimate of drug-likeness (QED) is 0.0894. The fraction of sp³-hybridized carbons (Fsp3) is 0.600. The predicted molar refractivity (Wildman–Crippen MR) is 73.4 cm³/mol. The van der Waals surface area contributed by atoms with E-state index >= 15 is 0 Å². The van der Waals surface area contributed by atoms with Crippen molar-refractivity contribution in [2.45, 2.75) is 0 Å². The maximum absolute atomic E-state index is 8.71. The molecule has 0 aliphatic heterocycles. The van der Waals surface area contributed by atoms with E-state index in [9.17, 15) is 0 Å². The van der Waals surface area contributed by atoms with Crippen molar-refractivity contribution in [2.75, 3.05) is 40.0 Å². The Labute approximate surface area is 122 Å². The maximum Gasteiger partial charge on any atom is 0.196 e. The van der Waals surface area contributed by atoms with E-state index in [0.29, 0.717) is 0 Å². The molecule has 11 heteroatoms. The number of aliphatic hydroxyl groups excluding tert-OH is 2. The zero-order chi connectivity index (χ0) is 15.8. The molecule has 0 heterocycles. The van der Waals surface area contributed by atoms with Crippen LogP contribution in [0.25, 0.3) is 0 Å². The molecule has 0 rings (SSSR count). The van der Waals surface area contributed by atoms with Crippen molar-refractivity contribution in [3.63, 3.8) is 0 Å². The van der Waals surface area contributed by atoms with Gasteiger partial charge in [0.15, 0.2) is 11.9 Å². The van der Waals surface area contributed by atoms with Gasteiger partial charge in [0.2, 0.25) is 0 Å². The molecule has 0 bridgehead atoms. The number of aliphatic hydroxyl groups is 2. The van der Waals surface area contributed by atoms with Crippen LogP contribution in [0, 0.1) is 22.7 Å². The molecule has 0 aliphatic rings. The van der Waals surface area contributed by atoms with Gasteiger partial charge in [-0.25, -0.2) is 9.98 Å². The van der Waals surface area contributed by atoms with Gasteiger partial charge in [-0.2, -0.15) is 10.5 Å².